The Bertz CT molecular complexity index is 2830. The molecule has 65 heavy (non-hydrogen) atoms. The number of aryl methyl sites for hydroxylation is 4. The fourth-order valence-corrected chi connectivity index (χ4v) is 9.25. The number of ether oxygens (including phenoxy) is 1. The molecule has 342 valence electrons. The van der Waals surface area contributed by atoms with Crippen molar-refractivity contribution in [1.82, 2.24) is 38.7 Å². The van der Waals surface area contributed by atoms with E-state index in [0.717, 1.165) is 59.6 Å². The average molecular weight is 887 g/mol. The summed E-state index contributed by atoms with van der Waals surface area (Å²) in [5.74, 6) is -1.07. The van der Waals surface area contributed by atoms with Gasteiger partial charge in [-0.25, -0.2) is 9.97 Å². The molecule has 2 aliphatic rings. The quantitative estimate of drug-likeness (QED) is 0.0567. The van der Waals surface area contributed by atoms with E-state index < -0.39 is 11.8 Å². The largest absolute Gasteiger partial charge is 0.385 e. The second-order valence-corrected chi connectivity index (χ2v) is 16.8. The Morgan fingerprint density at radius 2 is 1.14 bits per heavy atom. The molecule has 0 fully saturated rings. The fraction of sp³-hybridized carbons (Fsp3) is 0.435. The third kappa shape index (κ3) is 8.67. The molecule has 6 heterocycles. The van der Waals surface area contributed by atoms with Crippen molar-refractivity contribution < 1.29 is 23.9 Å². The van der Waals surface area contributed by atoms with Crippen molar-refractivity contribution in [3.8, 4) is 0 Å². The number of anilines is 4. The van der Waals surface area contributed by atoms with Gasteiger partial charge in [0.1, 0.15) is 11.4 Å². The van der Waals surface area contributed by atoms with Crippen molar-refractivity contribution in [3.63, 3.8) is 0 Å². The Kier molecular flexibility index (Phi) is 12.8. The number of allylic oxidation sites excluding steroid dienone is 2. The number of carbonyl (C=O) groups is 4. The van der Waals surface area contributed by atoms with E-state index in [1.807, 2.05) is 33.8 Å². The van der Waals surface area contributed by atoms with Crippen LogP contribution in [-0.4, -0.2) is 102 Å². The standard InChI is InChI=1S/C46H58N14O5/c1-7-10-16-55-25-31(59-39-33(21-29(41(47)61)23-35(39)55)49-45(59)51-43(63)37-19-27(4)53-57(37)8-2)14-11-12-15-32-26-56(17-13-18-65-6)36-24-30(42(48)62)22-34-40(36)60(32)46(50-34)52-44(64)38-20-28(5)54-58(38)9-3/h11-12,19-24,31-32H,7-10,13-18,25-26H2,1-6H3,(H2,47,61)(H2,48,62)(H,49,51,63)(H,50,52,64)/b12-11-/t31-,32-/m0/s1. The van der Waals surface area contributed by atoms with E-state index in [4.69, 9.17) is 26.2 Å². The molecule has 4 amide bonds. The molecule has 0 spiro atoms. The SMILES string of the molecule is CCCCN1C[C@H](C/C=C\C[C@H]2CN(CCCOC)c3cc(C(N)=O)cc4nc(NC(=O)c5cc(C)nn5CC)n2c34)n2c(NC(=O)c3cc(C)nn3CC)nc3cc(C(N)=O)cc1c32. The molecule has 19 nitrogen and oxygen atoms in total. The second-order valence-electron chi connectivity index (χ2n) is 16.8. The van der Waals surface area contributed by atoms with Gasteiger partial charge in [-0.1, -0.05) is 25.5 Å². The molecule has 19 heteroatoms. The molecule has 0 bridgehead atoms. The molecular formula is C46H58N14O5. The van der Waals surface area contributed by atoms with Crippen LogP contribution in [0.3, 0.4) is 0 Å². The first-order chi connectivity index (χ1) is 31.3. The van der Waals surface area contributed by atoms with Gasteiger partial charge < -0.3 is 35.1 Å². The van der Waals surface area contributed by atoms with Gasteiger partial charge in [0.2, 0.25) is 23.7 Å². The van der Waals surface area contributed by atoms with Crippen molar-refractivity contribution in [3.05, 3.63) is 82.5 Å². The average Bonchev–Trinajstić information content (AvgIpc) is 4.06. The number of methoxy groups -OCH3 is 1. The number of nitrogens with two attached hydrogens (primary N) is 2. The van der Waals surface area contributed by atoms with E-state index in [0.29, 0.717) is 97.6 Å². The highest BCUT2D eigenvalue weighted by Gasteiger charge is 2.34. The molecule has 0 unspecified atom stereocenters. The summed E-state index contributed by atoms with van der Waals surface area (Å²) in [5.41, 5.74) is 19.0. The summed E-state index contributed by atoms with van der Waals surface area (Å²) in [6.45, 7) is 13.9. The molecular weight excluding hydrogens is 829 g/mol. The maximum Gasteiger partial charge on any atom is 0.276 e. The van der Waals surface area contributed by atoms with Crippen molar-refractivity contribution in [2.24, 2.45) is 11.5 Å². The minimum absolute atomic E-state index is 0.153. The monoisotopic (exact) mass is 886 g/mol. The van der Waals surface area contributed by atoms with Gasteiger partial charge in [0.15, 0.2) is 0 Å². The Morgan fingerprint density at radius 3 is 1.54 bits per heavy atom. The molecule has 8 rings (SSSR count). The first-order valence-electron chi connectivity index (χ1n) is 22.4. The number of rotatable bonds is 19. The third-order valence-electron chi connectivity index (χ3n) is 12.2. The van der Waals surface area contributed by atoms with E-state index in [-0.39, 0.29) is 23.9 Å². The normalized spacial score (nSPS) is 15.7. The molecule has 0 radical (unpaired) electrons. The highest BCUT2D eigenvalue weighted by molar-refractivity contribution is 6.07. The molecule has 0 aliphatic carbocycles. The Labute approximate surface area is 376 Å². The zero-order valence-corrected chi connectivity index (χ0v) is 37.9. The highest BCUT2D eigenvalue weighted by atomic mass is 16.5. The number of imidazole rings is 2. The van der Waals surface area contributed by atoms with E-state index >= 15 is 0 Å². The van der Waals surface area contributed by atoms with Crippen LogP contribution in [0.5, 0.6) is 0 Å². The lowest BCUT2D eigenvalue weighted by atomic mass is 10.0. The van der Waals surface area contributed by atoms with Gasteiger partial charge in [-0.2, -0.15) is 10.2 Å². The molecule has 6 aromatic rings. The minimum atomic E-state index is -0.569. The number of hydrogen-bond acceptors (Lipinski definition) is 11. The molecule has 2 aromatic carbocycles. The second kappa shape index (κ2) is 18.6. The fourth-order valence-electron chi connectivity index (χ4n) is 9.25. The zero-order chi connectivity index (χ0) is 46.1. The number of carbonyl (C=O) groups excluding carboxylic acids is 4. The summed E-state index contributed by atoms with van der Waals surface area (Å²) < 4.78 is 12.9. The number of nitrogens with one attached hydrogen (secondary N) is 2. The summed E-state index contributed by atoms with van der Waals surface area (Å²) in [4.78, 5) is 67.4. The van der Waals surface area contributed by atoms with Crippen molar-refractivity contribution in [1.29, 1.82) is 0 Å². The van der Waals surface area contributed by atoms with E-state index in [9.17, 15) is 19.2 Å². The van der Waals surface area contributed by atoms with E-state index in [1.54, 1.807) is 46.8 Å². The third-order valence-corrected chi connectivity index (χ3v) is 12.2. The summed E-state index contributed by atoms with van der Waals surface area (Å²) in [7, 11) is 1.67. The molecule has 0 saturated carbocycles. The molecule has 2 aliphatic heterocycles. The molecule has 0 saturated heterocycles. The topological polar surface area (TPSA) is 231 Å². The highest BCUT2D eigenvalue weighted by Crippen LogP contribution is 2.42. The first kappa shape index (κ1) is 44.6. The van der Waals surface area contributed by atoms with Gasteiger partial charge >= 0.3 is 0 Å². The van der Waals surface area contributed by atoms with Crippen molar-refractivity contribution in [2.75, 3.05) is 60.3 Å². The van der Waals surface area contributed by atoms with Gasteiger partial charge in [0.25, 0.3) is 11.8 Å². The maximum absolute atomic E-state index is 13.9. The molecule has 6 N–H and O–H groups in total. The van der Waals surface area contributed by atoms with Crippen LogP contribution in [0, 0.1) is 13.8 Å². The summed E-state index contributed by atoms with van der Waals surface area (Å²) in [6, 6.07) is 10.2. The lowest BCUT2D eigenvalue weighted by molar-refractivity contribution is 0.0992. The van der Waals surface area contributed by atoms with Crippen LogP contribution < -0.4 is 31.9 Å². The molecule has 4 aromatic heterocycles. The smallest absolute Gasteiger partial charge is 0.276 e. The van der Waals surface area contributed by atoms with Crippen LogP contribution in [-0.2, 0) is 17.8 Å². The maximum atomic E-state index is 13.9. The Balaban J connectivity index is 1.16. The lowest BCUT2D eigenvalue weighted by Gasteiger charge is -2.37. The van der Waals surface area contributed by atoms with E-state index in [2.05, 4.69) is 58.8 Å². The Hall–Kier alpha value is -7.02. The minimum Gasteiger partial charge on any atom is -0.385 e. The molecule has 2 atom stereocenters. The van der Waals surface area contributed by atoms with Gasteiger partial charge in [0.05, 0.1) is 56.9 Å². The zero-order valence-electron chi connectivity index (χ0n) is 37.9. The van der Waals surface area contributed by atoms with Crippen LogP contribution in [0.2, 0.25) is 0 Å². The van der Waals surface area contributed by atoms with Crippen LogP contribution >= 0.6 is 0 Å². The van der Waals surface area contributed by atoms with Crippen LogP contribution in [0.15, 0.2) is 48.6 Å². The van der Waals surface area contributed by atoms with Crippen LogP contribution in [0.25, 0.3) is 22.1 Å². The predicted octanol–water partition coefficient (Wildman–Crippen LogP) is 5.73. The van der Waals surface area contributed by atoms with Gasteiger partial charge in [0, 0.05) is 64.1 Å². The predicted molar refractivity (Wildman–Crippen MR) is 250 cm³/mol. The van der Waals surface area contributed by atoms with Crippen molar-refractivity contribution >= 4 is 69.0 Å². The van der Waals surface area contributed by atoms with Crippen LogP contribution in [0.1, 0.15) is 118 Å². The van der Waals surface area contributed by atoms with E-state index in [1.165, 1.54) is 0 Å². The number of benzene rings is 2. The van der Waals surface area contributed by atoms with Crippen LogP contribution in [0.4, 0.5) is 23.3 Å². The first-order valence-corrected chi connectivity index (χ1v) is 22.4. The lowest BCUT2D eigenvalue weighted by Crippen LogP contribution is -2.37. The van der Waals surface area contributed by atoms with Gasteiger partial charge in [-0.15, -0.1) is 0 Å². The van der Waals surface area contributed by atoms with Crippen molar-refractivity contribution in [2.45, 2.75) is 91.9 Å². The van der Waals surface area contributed by atoms with Gasteiger partial charge in [-0.3, -0.25) is 39.2 Å². The summed E-state index contributed by atoms with van der Waals surface area (Å²) in [6.07, 6.45) is 8.15. The number of unbranched alkanes of at least 4 members (excludes halogenated alkanes) is 1. The van der Waals surface area contributed by atoms with Gasteiger partial charge in [-0.05, 0) is 89.8 Å². The summed E-state index contributed by atoms with van der Waals surface area (Å²) in [5, 5.41) is 15.1. The summed E-state index contributed by atoms with van der Waals surface area (Å²) >= 11 is 0. The Morgan fingerprint density at radius 1 is 0.692 bits per heavy atom. The number of primary amides is 2. The number of hydrogen-bond donors (Lipinski definition) is 4. The number of aromatic nitrogens is 8. The number of nitrogens with zero attached hydrogens (tertiary/aromatic N) is 10. The number of amides is 4.